The third-order valence-electron chi connectivity index (χ3n) is 2.03. The second-order valence-electron chi connectivity index (χ2n) is 2.98. The van der Waals surface area contributed by atoms with E-state index in [0.717, 1.165) is 0 Å². The molecule has 0 aliphatic heterocycles. The molecule has 4 heteroatoms. The molecule has 0 fully saturated rings. The zero-order valence-corrected chi connectivity index (χ0v) is 8.58. The zero-order valence-electron chi connectivity index (χ0n) is 7.82. The summed E-state index contributed by atoms with van der Waals surface area (Å²) < 4.78 is 13.6. The molecule has 0 unspecified atom stereocenters. The predicted molar refractivity (Wildman–Crippen MR) is 57.0 cm³/mol. The van der Waals surface area contributed by atoms with E-state index in [1.54, 1.807) is 30.6 Å². The van der Waals surface area contributed by atoms with Crippen molar-refractivity contribution in [2.24, 2.45) is 0 Å². The lowest BCUT2D eigenvalue weighted by atomic mass is 10.1. The Balaban J connectivity index is 2.61. The Morgan fingerprint density at radius 3 is 2.53 bits per heavy atom. The second-order valence-corrected chi connectivity index (χ2v) is 3.25. The van der Waals surface area contributed by atoms with Gasteiger partial charge in [0, 0.05) is 18.3 Å². The van der Waals surface area contributed by atoms with Gasteiger partial charge in [0.1, 0.15) is 5.82 Å². The Labute approximate surface area is 91.8 Å². The summed E-state index contributed by atoms with van der Waals surface area (Å²) in [5, 5.41) is 0. The summed E-state index contributed by atoms with van der Waals surface area (Å²) in [5.41, 5.74) is 1.08. The first-order chi connectivity index (χ1) is 7.33. The number of halogens is 2. The van der Waals surface area contributed by atoms with Crippen molar-refractivity contribution in [1.82, 2.24) is 9.97 Å². The minimum atomic E-state index is -0.348. The quantitative estimate of drug-likeness (QED) is 0.730. The van der Waals surface area contributed by atoms with Crippen molar-refractivity contribution in [1.29, 1.82) is 0 Å². The molecule has 0 saturated heterocycles. The van der Waals surface area contributed by atoms with Crippen LogP contribution in [0, 0.1) is 5.82 Å². The number of hydrogen-bond donors (Lipinski definition) is 0. The van der Waals surface area contributed by atoms with Crippen LogP contribution in [0.5, 0.6) is 0 Å². The van der Waals surface area contributed by atoms with E-state index < -0.39 is 0 Å². The van der Waals surface area contributed by atoms with E-state index in [1.165, 1.54) is 6.07 Å². The van der Waals surface area contributed by atoms with Crippen LogP contribution in [0.3, 0.4) is 0 Å². The SMILES string of the molecule is Fc1cccc(CCl)c1-c1ncccn1. The predicted octanol–water partition coefficient (Wildman–Crippen LogP) is 3.02. The van der Waals surface area contributed by atoms with E-state index in [0.29, 0.717) is 17.0 Å². The maximum Gasteiger partial charge on any atom is 0.162 e. The van der Waals surface area contributed by atoms with Crippen LogP contribution in [-0.2, 0) is 5.88 Å². The van der Waals surface area contributed by atoms with Crippen LogP contribution in [0.25, 0.3) is 11.4 Å². The molecule has 0 N–H and O–H groups in total. The van der Waals surface area contributed by atoms with Crippen molar-refractivity contribution >= 4 is 11.6 Å². The number of alkyl halides is 1. The van der Waals surface area contributed by atoms with Gasteiger partial charge in [0.25, 0.3) is 0 Å². The number of rotatable bonds is 2. The van der Waals surface area contributed by atoms with Crippen LogP contribution in [-0.4, -0.2) is 9.97 Å². The number of benzene rings is 1. The van der Waals surface area contributed by atoms with Gasteiger partial charge in [-0.1, -0.05) is 12.1 Å². The van der Waals surface area contributed by atoms with Crippen molar-refractivity contribution in [3.8, 4) is 11.4 Å². The monoisotopic (exact) mass is 222 g/mol. The zero-order chi connectivity index (χ0) is 10.7. The summed E-state index contributed by atoms with van der Waals surface area (Å²) in [6.45, 7) is 0. The van der Waals surface area contributed by atoms with E-state index in [1.807, 2.05) is 0 Å². The highest BCUT2D eigenvalue weighted by Gasteiger charge is 2.11. The maximum atomic E-state index is 13.6. The number of aromatic nitrogens is 2. The topological polar surface area (TPSA) is 25.8 Å². The molecule has 0 spiro atoms. The van der Waals surface area contributed by atoms with E-state index in [4.69, 9.17) is 11.6 Å². The Morgan fingerprint density at radius 2 is 1.87 bits per heavy atom. The molecule has 2 rings (SSSR count). The number of nitrogens with zero attached hydrogens (tertiary/aromatic N) is 2. The van der Waals surface area contributed by atoms with Crippen LogP contribution in [0.1, 0.15) is 5.56 Å². The van der Waals surface area contributed by atoms with Crippen LogP contribution >= 0.6 is 11.6 Å². The minimum absolute atomic E-state index is 0.241. The summed E-state index contributed by atoms with van der Waals surface area (Å²) in [6.07, 6.45) is 3.15. The Morgan fingerprint density at radius 1 is 1.13 bits per heavy atom. The van der Waals surface area contributed by atoms with Crippen molar-refractivity contribution in [3.63, 3.8) is 0 Å². The molecule has 1 aromatic heterocycles. The van der Waals surface area contributed by atoms with Gasteiger partial charge in [0.05, 0.1) is 5.56 Å². The fourth-order valence-corrected chi connectivity index (χ4v) is 1.58. The molecular formula is C11H8ClFN2. The lowest BCUT2D eigenvalue weighted by Crippen LogP contribution is -1.95. The summed E-state index contributed by atoms with van der Waals surface area (Å²) in [6, 6.07) is 6.45. The molecule has 1 aromatic carbocycles. The van der Waals surface area contributed by atoms with Gasteiger partial charge in [0.2, 0.25) is 0 Å². The van der Waals surface area contributed by atoms with Gasteiger partial charge in [-0.3, -0.25) is 0 Å². The maximum absolute atomic E-state index is 13.6. The van der Waals surface area contributed by atoms with Gasteiger partial charge in [-0.25, -0.2) is 14.4 Å². The highest BCUT2D eigenvalue weighted by Crippen LogP contribution is 2.24. The van der Waals surface area contributed by atoms with Crippen LogP contribution in [0.2, 0.25) is 0 Å². The van der Waals surface area contributed by atoms with Crippen LogP contribution in [0.15, 0.2) is 36.7 Å². The summed E-state index contributed by atoms with van der Waals surface area (Å²) in [5.74, 6) is 0.260. The van der Waals surface area contributed by atoms with Crippen molar-refractivity contribution in [3.05, 3.63) is 48.0 Å². The summed E-state index contributed by atoms with van der Waals surface area (Å²) >= 11 is 5.73. The van der Waals surface area contributed by atoms with Gasteiger partial charge < -0.3 is 0 Å². The average molecular weight is 223 g/mol. The first-order valence-electron chi connectivity index (χ1n) is 4.43. The second kappa shape index (κ2) is 4.36. The normalized spacial score (nSPS) is 10.3. The Bertz CT molecular complexity index is 459. The van der Waals surface area contributed by atoms with Gasteiger partial charge in [-0.05, 0) is 17.7 Å². The summed E-state index contributed by atoms with van der Waals surface area (Å²) in [4.78, 5) is 8.02. The molecule has 0 saturated carbocycles. The molecule has 15 heavy (non-hydrogen) atoms. The highest BCUT2D eigenvalue weighted by atomic mass is 35.5. The van der Waals surface area contributed by atoms with Gasteiger partial charge in [-0.15, -0.1) is 11.6 Å². The Kier molecular flexibility index (Phi) is 2.92. The Hall–Kier alpha value is -1.48. The summed E-state index contributed by atoms with van der Waals surface area (Å²) in [7, 11) is 0. The fourth-order valence-electron chi connectivity index (χ4n) is 1.36. The molecule has 76 valence electrons. The third-order valence-corrected chi connectivity index (χ3v) is 2.32. The van der Waals surface area contributed by atoms with Gasteiger partial charge in [-0.2, -0.15) is 0 Å². The molecule has 0 radical (unpaired) electrons. The van der Waals surface area contributed by atoms with E-state index in [9.17, 15) is 4.39 Å². The van der Waals surface area contributed by atoms with E-state index >= 15 is 0 Å². The largest absolute Gasteiger partial charge is 0.236 e. The van der Waals surface area contributed by atoms with E-state index in [-0.39, 0.29) is 11.7 Å². The molecule has 2 aromatic rings. The molecule has 0 atom stereocenters. The standard InChI is InChI=1S/C11H8ClFN2/c12-7-8-3-1-4-9(13)10(8)11-14-5-2-6-15-11/h1-6H,7H2. The molecule has 1 heterocycles. The molecular weight excluding hydrogens is 215 g/mol. The first-order valence-corrected chi connectivity index (χ1v) is 4.97. The van der Waals surface area contributed by atoms with Gasteiger partial charge in [0.15, 0.2) is 5.82 Å². The lowest BCUT2D eigenvalue weighted by Gasteiger charge is -2.06. The minimum Gasteiger partial charge on any atom is -0.236 e. The van der Waals surface area contributed by atoms with Crippen molar-refractivity contribution in [2.45, 2.75) is 5.88 Å². The number of hydrogen-bond acceptors (Lipinski definition) is 2. The van der Waals surface area contributed by atoms with Crippen molar-refractivity contribution < 1.29 is 4.39 Å². The van der Waals surface area contributed by atoms with Crippen LogP contribution in [0.4, 0.5) is 4.39 Å². The highest BCUT2D eigenvalue weighted by molar-refractivity contribution is 6.17. The molecule has 0 aliphatic rings. The molecule has 0 bridgehead atoms. The van der Waals surface area contributed by atoms with Crippen molar-refractivity contribution in [2.75, 3.05) is 0 Å². The fraction of sp³-hybridized carbons (Fsp3) is 0.0909. The average Bonchev–Trinajstić information content (AvgIpc) is 2.29. The molecule has 0 amide bonds. The molecule has 2 nitrogen and oxygen atoms in total. The van der Waals surface area contributed by atoms with Crippen LogP contribution < -0.4 is 0 Å². The van der Waals surface area contributed by atoms with E-state index in [2.05, 4.69) is 9.97 Å². The third kappa shape index (κ3) is 1.97. The molecule has 0 aliphatic carbocycles. The van der Waals surface area contributed by atoms with Gasteiger partial charge >= 0.3 is 0 Å². The first kappa shape index (κ1) is 10.1. The lowest BCUT2D eigenvalue weighted by molar-refractivity contribution is 0.628. The smallest absolute Gasteiger partial charge is 0.162 e.